The molecule has 0 bridgehead atoms. The third-order valence-electron chi connectivity index (χ3n) is 6.80. The number of hydrogen-bond donors (Lipinski definition) is 2. The van der Waals surface area contributed by atoms with Crippen molar-refractivity contribution in [1.29, 1.82) is 0 Å². The van der Waals surface area contributed by atoms with Gasteiger partial charge in [0.1, 0.15) is 9.34 Å². The Bertz CT molecular complexity index is 860. The second kappa shape index (κ2) is 11.2. The first-order valence-electron chi connectivity index (χ1n) is 11.9. The number of aliphatic hydroxyl groups excluding tert-OH is 1. The van der Waals surface area contributed by atoms with Crippen LogP contribution in [0.25, 0.3) is 0 Å². The molecule has 0 spiro atoms. The molecule has 2 N–H and O–H groups in total. The van der Waals surface area contributed by atoms with Crippen LogP contribution in [0, 0.1) is 6.92 Å². The maximum absolute atomic E-state index is 13.7. The average Bonchev–Trinajstić information content (AvgIpc) is 3.08. The average molecular weight is 514 g/mol. The normalized spacial score (nSPS) is 22.8. The fourth-order valence-electron chi connectivity index (χ4n) is 4.80. The first kappa shape index (κ1) is 27.4. The van der Waals surface area contributed by atoms with Crippen molar-refractivity contribution in [2.75, 3.05) is 45.9 Å². The summed E-state index contributed by atoms with van der Waals surface area (Å²) in [4.78, 5) is 38.8. The summed E-state index contributed by atoms with van der Waals surface area (Å²) in [5.74, 6) is -0.106. The van der Waals surface area contributed by atoms with Crippen molar-refractivity contribution in [2.24, 2.45) is 0 Å². The van der Waals surface area contributed by atoms with Crippen molar-refractivity contribution in [2.45, 2.75) is 65.0 Å². The SMILES string of the molecule is CB(O)N1CCN(C(C)(C)C)CC1C(=O)N1CCN(C(=O)Cc2nc(C)c(Cl)s2)C(CCO)C1. The summed E-state index contributed by atoms with van der Waals surface area (Å²) >= 11 is 7.42. The zero-order chi connectivity index (χ0) is 25.2. The quantitative estimate of drug-likeness (QED) is 0.547. The number of amides is 2. The minimum absolute atomic E-state index is 0.0350. The molecular formula is C22H37BClN5O4S. The number of piperazine rings is 2. The molecule has 2 unspecified atom stereocenters. The molecule has 2 amide bonds. The van der Waals surface area contributed by atoms with Gasteiger partial charge in [-0.25, -0.2) is 4.98 Å². The van der Waals surface area contributed by atoms with E-state index < -0.39 is 13.1 Å². The number of carbonyl (C=O) groups is 2. The smallest absolute Gasteiger partial charge is 0.377 e. The number of rotatable bonds is 6. The number of aryl methyl sites for hydroxylation is 1. The van der Waals surface area contributed by atoms with Crippen LogP contribution in [0.2, 0.25) is 11.2 Å². The van der Waals surface area contributed by atoms with Gasteiger partial charge >= 0.3 is 7.05 Å². The number of thiazole rings is 1. The van der Waals surface area contributed by atoms with E-state index in [2.05, 4.69) is 30.7 Å². The molecule has 1 aromatic heterocycles. The van der Waals surface area contributed by atoms with Gasteiger partial charge in [0.15, 0.2) is 0 Å². The van der Waals surface area contributed by atoms with E-state index in [1.807, 2.05) is 11.7 Å². The van der Waals surface area contributed by atoms with Crippen LogP contribution >= 0.6 is 22.9 Å². The summed E-state index contributed by atoms with van der Waals surface area (Å²) in [5, 5.41) is 20.6. The molecule has 2 saturated heterocycles. The second-order valence-electron chi connectivity index (χ2n) is 10.2. The molecule has 2 aliphatic heterocycles. The van der Waals surface area contributed by atoms with Crippen molar-refractivity contribution in [3.05, 3.63) is 15.0 Å². The fraction of sp³-hybridized carbons (Fsp3) is 0.773. The van der Waals surface area contributed by atoms with E-state index >= 15 is 0 Å². The van der Waals surface area contributed by atoms with Crippen LogP contribution in [0.5, 0.6) is 0 Å². The molecule has 1 aromatic rings. The van der Waals surface area contributed by atoms with Gasteiger partial charge in [0, 0.05) is 51.4 Å². The lowest BCUT2D eigenvalue weighted by atomic mass is 9.81. The van der Waals surface area contributed by atoms with Crippen LogP contribution in [0.3, 0.4) is 0 Å². The van der Waals surface area contributed by atoms with E-state index in [9.17, 15) is 19.7 Å². The van der Waals surface area contributed by atoms with E-state index in [0.29, 0.717) is 48.5 Å². The Morgan fingerprint density at radius 2 is 1.91 bits per heavy atom. The molecule has 2 aliphatic rings. The van der Waals surface area contributed by atoms with Crippen molar-refractivity contribution < 1.29 is 19.7 Å². The van der Waals surface area contributed by atoms with Gasteiger partial charge in [-0.1, -0.05) is 11.6 Å². The zero-order valence-corrected chi connectivity index (χ0v) is 22.4. The van der Waals surface area contributed by atoms with Crippen LogP contribution in [0.15, 0.2) is 0 Å². The maximum atomic E-state index is 13.7. The predicted molar refractivity (Wildman–Crippen MR) is 135 cm³/mol. The minimum atomic E-state index is -0.722. The van der Waals surface area contributed by atoms with Gasteiger partial charge in [-0.2, -0.15) is 0 Å². The Balaban J connectivity index is 1.71. The third kappa shape index (κ3) is 6.30. The third-order valence-corrected chi connectivity index (χ3v) is 8.25. The molecular weight excluding hydrogens is 477 g/mol. The van der Waals surface area contributed by atoms with Gasteiger partial charge in [-0.15, -0.1) is 11.3 Å². The molecule has 34 heavy (non-hydrogen) atoms. The Labute approximate surface area is 211 Å². The van der Waals surface area contributed by atoms with Gasteiger partial charge in [0.25, 0.3) is 0 Å². The molecule has 12 heteroatoms. The standard InChI is InChI=1S/C22H37BClN5O4S/c1-15-20(24)34-18(25-15)12-19(31)28-9-7-26(13-16(28)6-11-30)21(32)17-14-27(22(2,3)4)8-10-29(17)23(5)33/h16-17,30,33H,6-14H2,1-5H3. The molecule has 2 fully saturated rings. The highest BCUT2D eigenvalue weighted by Crippen LogP contribution is 2.26. The Morgan fingerprint density at radius 1 is 1.21 bits per heavy atom. The summed E-state index contributed by atoms with van der Waals surface area (Å²) in [6.07, 6.45) is 0.555. The number of hydrogen-bond acceptors (Lipinski definition) is 8. The monoisotopic (exact) mass is 513 g/mol. The molecule has 0 aliphatic carbocycles. The van der Waals surface area contributed by atoms with Crippen LogP contribution in [0.1, 0.15) is 37.9 Å². The summed E-state index contributed by atoms with van der Waals surface area (Å²) in [5.41, 5.74) is 0.640. The highest BCUT2D eigenvalue weighted by Gasteiger charge is 2.42. The number of nitrogens with zero attached hydrogens (tertiary/aromatic N) is 5. The maximum Gasteiger partial charge on any atom is 0.377 e. The van der Waals surface area contributed by atoms with Crippen LogP contribution in [-0.4, -0.2) is 117 Å². The number of aromatic nitrogens is 1. The van der Waals surface area contributed by atoms with Gasteiger partial charge in [0.05, 0.1) is 24.2 Å². The number of aliphatic hydroxyl groups is 1. The molecule has 3 rings (SSSR count). The minimum Gasteiger partial charge on any atom is -0.437 e. The van der Waals surface area contributed by atoms with E-state index in [0.717, 1.165) is 12.2 Å². The topological polar surface area (TPSA) is 100 Å². The second-order valence-corrected chi connectivity index (χ2v) is 11.9. The summed E-state index contributed by atoms with van der Waals surface area (Å²) in [7, 11) is -0.722. The van der Waals surface area contributed by atoms with Crippen LogP contribution in [-0.2, 0) is 16.0 Å². The van der Waals surface area contributed by atoms with Gasteiger partial charge in [0.2, 0.25) is 11.8 Å². The molecule has 2 atom stereocenters. The summed E-state index contributed by atoms with van der Waals surface area (Å²) in [6.45, 7) is 13.0. The Kier molecular flexibility index (Phi) is 9.03. The van der Waals surface area contributed by atoms with Crippen LogP contribution in [0.4, 0.5) is 0 Å². The lowest BCUT2D eigenvalue weighted by Gasteiger charge is -2.49. The van der Waals surface area contributed by atoms with Crippen molar-refractivity contribution in [3.8, 4) is 0 Å². The number of carbonyl (C=O) groups excluding carboxylic acids is 2. The highest BCUT2D eigenvalue weighted by atomic mass is 35.5. The molecule has 190 valence electrons. The van der Waals surface area contributed by atoms with E-state index in [-0.39, 0.29) is 36.4 Å². The number of halogens is 1. The first-order valence-corrected chi connectivity index (χ1v) is 13.1. The summed E-state index contributed by atoms with van der Waals surface area (Å²) in [6, 6.07) is -0.723. The lowest BCUT2D eigenvalue weighted by Crippen LogP contribution is -2.67. The molecule has 0 saturated carbocycles. The molecule has 0 aromatic carbocycles. The van der Waals surface area contributed by atoms with Gasteiger partial charge < -0.3 is 24.7 Å². The van der Waals surface area contributed by atoms with E-state index in [1.165, 1.54) is 11.3 Å². The Hall–Kier alpha value is -1.24. The highest BCUT2D eigenvalue weighted by molar-refractivity contribution is 7.16. The van der Waals surface area contributed by atoms with Crippen molar-refractivity contribution >= 4 is 41.8 Å². The molecule has 0 radical (unpaired) electrons. The predicted octanol–water partition coefficient (Wildman–Crippen LogP) is 0.964. The lowest BCUT2D eigenvalue weighted by molar-refractivity contribution is -0.147. The molecule has 3 heterocycles. The van der Waals surface area contributed by atoms with Crippen molar-refractivity contribution in [1.82, 2.24) is 24.5 Å². The van der Waals surface area contributed by atoms with Gasteiger partial charge in [-0.3, -0.25) is 14.5 Å². The first-order chi connectivity index (χ1) is 15.9. The van der Waals surface area contributed by atoms with E-state index in [4.69, 9.17) is 11.6 Å². The summed E-state index contributed by atoms with van der Waals surface area (Å²) < 4.78 is 0.588. The molecule has 9 nitrogen and oxygen atoms in total. The fourth-order valence-corrected chi connectivity index (χ4v) is 5.89. The van der Waals surface area contributed by atoms with Gasteiger partial charge in [-0.05, 0) is 40.9 Å². The van der Waals surface area contributed by atoms with Crippen LogP contribution < -0.4 is 0 Å². The van der Waals surface area contributed by atoms with Crippen molar-refractivity contribution in [3.63, 3.8) is 0 Å². The van der Waals surface area contributed by atoms with E-state index in [1.54, 1.807) is 16.6 Å². The Morgan fingerprint density at radius 3 is 2.47 bits per heavy atom. The largest absolute Gasteiger partial charge is 0.437 e. The zero-order valence-electron chi connectivity index (χ0n) is 20.8.